The fraction of sp³-hybridized carbons (Fsp3) is 0.533. The van der Waals surface area contributed by atoms with Crippen molar-refractivity contribution >= 4 is 11.0 Å². The number of ether oxygens (including phenoxy) is 1. The highest BCUT2D eigenvalue weighted by Gasteiger charge is 2.21. The van der Waals surface area contributed by atoms with E-state index in [0.717, 1.165) is 22.6 Å². The minimum absolute atomic E-state index is 0.0798. The van der Waals surface area contributed by atoms with Crippen LogP contribution in [0.4, 0.5) is 0 Å². The maximum absolute atomic E-state index is 6.04. The van der Waals surface area contributed by atoms with Crippen LogP contribution in [0, 0.1) is 0 Å². The molecule has 1 heterocycles. The number of nitrogens with zero attached hydrogens (tertiary/aromatic N) is 2. The molecule has 0 fully saturated rings. The van der Waals surface area contributed by atoms with Gasteiger partial charge in [0.05, 0.1) is 18.1 Å². The van der Waals surface area contributed by atoms with Crippen LogP contribution in [0.25, 0.3) is 11.0 Å². The van der Waals surface area contributed by atoms with E-state index in [1.54, 1.807) is 7.11 Å². The number of fused-ring (bicyclic) bond motifs is 1. The topological polar surface area (TPSA) is 53.1 Å². The first-order valence-corrected chi connectivity index (χ1v) is 6.77. The van der Waals surface area contributed by atoms with Crippen LogP contribution in [0.15, 0.2) is 18.2 Å². The first-order chi connectivity index (χ1) is 8.95. The number of rotatable bonds is 4. The van der Waals surface area contributed by atoms with E-state index in [0.29, 0.717) is 6.04 Å². The van der Waals surface area contributed by atoms with Gasteiger partial charge in [-0.15, -0.1) is 0 Å². The maximum Gasteiger partial charge on any atom is 0.121 e. The van der Waals surface area contributed by atoms with Crippen LogP contribution in [-0.4, -0.2) is 22.7 Å². The molecule has 2 unspecified atom stereocenters. The van der Waals surface area contributed by atoms with Crippen molar-refractivity contribution < 1.29 is 4.74 Å². The summed E-state index contributed by atoms with van der Waals surface area (Å²) in [6, 6.07) is 6.46. The molecule has 0 bridgehead atoms. The van der Waals surface area contributed by atoms with E-state index < -0.39 is 0 Å². The molecule has 2 rings (SSSR count). The van der Waals surface area contributed by atoms with Crippen LogP contribution in [0.5, 0.6) is 5.75 Å². The zero-order chi connectivity index (χ0) is 14.2. The summed E-state index contributed by atoms with van der Waals surface area (Å²) in [5.74, 6) is 2.11. The molecule has 0 spiro atoms. The third-order valence-electron chi connectivity index (χ3n) is 3.64. The van der Waals surface area contributed by atoms with Crippen LogP contribution in [0.3, 0.4) is 0 Å². The lowest BCUT2D eigenvalue weighted by Crippen LogP contribution is -2.25. The molecule has 1 aromatic heterocycles. The zero-order valence-corrected chi connectivity index (χ0v) is 12.3. The number of nitrogens with two attached hydrogens (primary N) is 1. The van der Waals surface area contributed by atoms with Crippen molar-refractivity contribution in [2.45, 2.75) is 45.7 Å². The standard InChI is InChI=1S/C15H23N3O/c1-9(2)18-14-7-6-12(19-5)8-13(14)17-15(18)10(3)11(4)16/h6-11H,16H2,1-5H3. The molecule has 4 heteroatoms. The molecule has 2 N–H and O–H groups in total. The van der Waals surface area contributed by atoms with Gasteiger partial charge in [-0.3, -0.25) is 0 Å². The Morgan fingerprint density at radius 3 is 2.42 bits per heavy atom. The fourth-order valence-corrected chi connectivity index (χ4v) is 2.32. The lowest BCUT2D eigenvalue weighted by Gasteiger charge is -2.20. The monoisotopic (exact) mass is 261 g/mol. The molecule has 0 saturated carbocycles. The van der Waals surface area contributed by atoms with Crippen molar-refractivity contribution in [2.75, 3.05) is 7.11 Å². The van der Waals surface area contributed by atoms with E-state index in [1.807, 2.05) is 19.1 Å². The van der Waals surface area contributed by atoms with Gasteiger partial charge in [0.1, 0.15) is 11.6 Å². The molecule has 0 aliphatic carbocycles. The SMILES string of the molecule is COc1ccc2c(c1)nc(C(C)C(C)N)n2C(C)C. The Labute approximate surface area is 114 Å². The number of hydrogen-bond acceptors (Lipinski definition) is 3. The number of hydrogen-bond donors (Lipinski definition) is 1. The van der Waals surface area contributed by atoms with Gasteiger partial charge in [-0.1, -0.05) is 6.92 Å². The van der Waals surface area contributed by atoms with Gasteiger partial charge in [-0.05, 0) is 32.9 Å². The predicted molar refractivity (Wildman–Crippen MR) is 78.7 cm³/mol. The Morgan fingerprint density at radius 2 is 1.89 bits per heavy atom. The van der Waals surface area contributed by atoms with Crippen LogP contribution >= 0.6 is 0 Å². The Bertz CT molecular complexity index is 572. The molecule has 104 valence electrons. The Balaban J connectivity index is 2.65. The molecule has 4 nitrogen and oxygen atoms in total. The highest BCUT2D eigenvalue weighted by molar-refractivity contribution is 5.78. The third kappa shape index (κ3) is 2.45. The summed E-state index contributed by atoms with van der Waals surface area (Å²) >= 11 is 0. The average Bonchev–Trinajstić information content (AvgIpc) is 2.75. The second-order valence-corrected chi connectivity index (χ2v) is 5.44. The number of imidazole rings is 1. The van der Waals surface area contributed by atoms with Gasteiger partial charge in [-0.2, -0.15) is 0 Å². The summed E-state index contributed by atoms with van der Waals surface area (Å²) in [7, 11) is 1.67. The molecule has 0 aliphatic heterocycles. The number of benzene rings is 1. The quantitative estimate of drug-likeness (QED) is 0.920. The van der Waals surface area contributed by atoms with Crippen molar-refractivity contribution in [3.8, 4) is 5.75 Å². The Kier molecular flexibility index (Phi) is 3.80. The molecule has 0 amide bonds. The van der Waals surface area contributed by atoms with Gasteiger partial charge in [0.15, 0.2) is 0 Å². The minimum Gasteiger partial charge on any atom is -0.497 e. The van der Waals surface area contributed by atoms with Gasteiger partial charge < -0.3 is 15.0 Å². The van der Waals surface area contributed by atoms with Gasteiger partial charge in [-0.25, -0.2) is 4.98 Å². The molecule has 0 aliphatic rings. The van der Waals surface area contributed by atoms with Gasteiger partial charge in [0.25, 0.3) is 0 Å². The average molecular weight is 261 g/mol. The molecule has 19 heavy (non-hydrogen) atoms. The predicted octanol–water partition coefficient (Wildman–Crippen LogP) is 3.08. The fourth-order valence-electron chi connectivity index (χ4n) is 2.32. The van der Waals surface area contributed by atoms with Crippen molar-refractivity contribution in [2.24, 2.45) is 5.73 Å². The van der Waals surface area contributed by atoms with Crippen LogP contribution in [0.1, 0.15) is 45.5 Å². The van der Waals surface area contributed by atoms with Crippen molar-refractivity contribution in [1.29, 1.82) is 0 Å². The summed E-state index contributed by atoms with van der Waals surface area (Å²) in [6.45, 7) is 8.49. The molecule has 0 saturated heterocycles. The Hall–Kier alpha value is -1.55. The van der Waals surface area contributed by atoms with E-state index in [1.165, 1.54) is 0 Å². The van der Waals surface area contributed by atoms with E-state index in [9.17, 15) is 0 Å². The third-order valence-corrected chi connectivity index (χ3v) is 3.64. The molecule has 1 aromatic carbocycles. The first-order valence-electron chi connectivity index (χ1n) is 6.77. The minimum atomic E-state index is 0.0798. The highest BCUT2D eigenvalue weighted by atomic mass is 16.5. The van der Waals surface area contributed by atoms with Crippen LogP contribution < -0.4 is 10.5 Å². The summed E-state index contributed by atoms with van der Waals surface area (Å²) in [5, 5.41) is 0. The van der Waals surface area contributed by atoms with Crippen molar-refractivity contribution in [3.63, 3.8) is 0 Å². The van der Waals surface area contributed by atoms with Crippen LogP contribution in [-0.2, 0) is 0 Å². The second-order valence-electron chi connectivity index (χ2n) is 5.44. The number of aromatic nitrogens is 2. The molecular weight excluding hydrogens is 238 g/mol. The zero-order valence-electron chi connectivity index (χ0n) is 12.3. The van der Waals surface area contributed by atoms with E-state index in [-0.39, 0.29) is 12.0 Å². The first kappa shape index (κ1) is 13.9. The molecule has 2 atom stereocenters. The normalized spacial score (nSPS) is 14.9. The smallest absolute Gasteiger partial charge is 0.121 e. The van der Waals surface area contributed by atoms with Crippen molar-refractivity contribution in [3.05, 3.63) is 24.0 Å². The summed E-state index contributed by atoms with van der Waals surface area (Å²) in [5.41, 5.74) is 8.14. The molecular formula is C15H23N3O. The summed E-state index contributed by atoms with van der Waals surface area (Å²) < 4.78 is 7.53. The summed E-state index contributed by atoms with van der Waals surface area (Å²) in [4.78, 5) is 4.77. The second kappa shape index (κ2) is 5.21. The lowest BCUT2D eigenvalue weighted by molar-refractivity contribution is 0.415. The van der Waals surface area contributed by atoms with Gasteiger partial charge >= 0.3 is 0 Å². The van der Waals surface area contributed by atoms with Gasteiger partial charge in [0.2, 0.25) is 0 Å². The summed E-state index contributed by atoms with van der Waals surface area (Å²) in [6.07, 6.45) is 0. The van der Waals surface area contributed by atoms with Crippen molar-refractivity contribution in [1.82, 2.24) is 9.55 Å². The number of methoxy groups -OCH3 is 1. The van der Waals surface area contributed by atoms with E-state index in [2.05, 4.69) is 31.4 Å². The molecule has 0 radical (unpaired) electrons. The van der Waals surface area contributed by atoms with E-state index >= 15 is 0 Å². The van der Waals surface area contributed by atoms with Gasteiger partial charge in [0, 0.05) is 24.1 Å². The lowest BCUT2D eigenvalue weighted by atomic mass is 10.0. The van der Waals surface area contributed by atoms with E-state index in [4.69, 9.17) is 15.5 Å². The van der Waals surface area contributed by atoms with Crippen LogP contribution in [0.2, 0.25) is 0 Å². The largest absolute Gasteiger partial charge is 0.497 e. The maximum atomic E-state index is 6.04. The highest BCUT2D eigenvalue weighted by Crippen LogP contribution is 2.29. The Morgan fingerprint density at radius 1 is 1.21 bits per heavy atom. The molecule has 2 aromatic rings.